The van der Waals surface area contributed by atoms with E-state index in [4.69, 9.17) is 27.9 Å². The molecule has 34 heavy (non-hydrogen) atoms. The highest BCUT2D eigenvalue weighted by atomic mass is 35.5. The van der Waals surface area contributed by atoms with Crippen LogP contribution >= 0.6 is 23.2 Å². The number of halogens is 2. The molecule has 1 unspecified atom stereocenters. The lowest BCUT2D eigenvalue weighted by atomic mass is 10.1. The van der Waals surface area contributed by atoms with Crippen LogP contribution in [0.3, 0.4) is 0 Å². The molecule has 8 nitrogen and oxygen atoms in total. The first-order valence-corrected chi connectivity index (χ1v) is 13.2. The third kappa shape index (κ3) is 7.51. The van der Waals surface area contributed by atoms with Crippen LogP contribution in [0.4, 0.5) is 5.69 Å². The molecular weight excluding hydrogens is 501 g/mol. The molecule has 0 radical (unpaired) electrons. The molecule has 0 aliphatic carbocycles. The minimum Gasteiger partial charge on any atom is -0.497 e. The summed E-state index contributed by atoms with van der Waals surface area (Å²) in [4.78, 5) is 27.5. The number of carbonyl (C=O) groups excluding carboxylic acids is 2. The average molecular weight is 530 g/mol. The molecule has 0 aliphatic rings. The van der Waals surface area contributed by atoms with Gasteiger partial charge in [-0.25, -0.2) is 8.42 Å². The van der Waals surface area contributed by atoms with Gasteiger partial charge in [0.1, 0.15) is 18.3 Å². The molecule has 2 rings (SSSR count). The van der Waals surface area contributed by atoms with Gasteiger partial charge in [0.2, 0.25) is 21.8 Å². The third-order valence-electron chi connectivity index (χ3n) is 5.08. The van der Waals surface area contributed by atoms with Crippen molar-refractivity contribution in [1.29, 1.82) is 0 Å². The van der Waals surface area contributed by atoms with E-state index in [0.29, 0.717) is 12.3 Å². The molecule has 0 aromatic heterocycles. The average Bonchev–Trinajstić information content (AvgIpc) is 2.80. The summed E-state index contributed by atoms with van der Waals surface area (Å²) in [5, 5.41) is 3.17. The number of anilines is 1. The van der Waals surface area contributed by atoms with Crippen LogP contribution in [0, 0.1) is 0 Å². The van der Waals surface area contributed by atoms with Gasteiger partial charge in [0.25, 0.3) is 0 Å². The molecule has 2 aromatic rings. The second-order valence-corrected chi connectivity index (χ2v) is 10.5. The second kappa shape index (κ2) is 12.3. The molecule has 0 spiro atoms. The fourth-order valence-electron chi connectivity index (χ4n) is 3.18. The standard InChI is InChI=1S/C23H29Cl2N3O5S/c1-5-12-26-23(30)16(2)27(14-17-6-9-19(33-3)10-7-17)22(29)15-28(34(4,31)32)21-13-18(24)8-11-20(21)25/h6-11,13,16H,5,12,14-15H2,1-4H3,(H,26,30). The van der Waals surface area contributed by atoms with Crippen molar-refractivity contribution in [2.75, 3.05) is 30.8 Å². The van der Waals surface area contributed by atoms with Crippen LogP contribution in [0.15, 0.2) is 42.5 Å². The van der Waals surface area contributed by atoms with Gasteiger partial charge in [-0.1, -0.05) is 42.3 Å². The Bertz CT molecular complexity index is 1110. The number of hydrogen-bond acceptors (Lipinski definition) is 5. The van der Waals surface area contributed by atoms with Crippen molar-refractivity contribution in [2.24, 2.45) is 0 Å². The Morgan fingerprint density at radius 3 is 2.32 bits per heavy atom. The smallest absolute Gasteiger partial charge is 0.244 e. The lowest BCUT2D eigenvalue weighted by Crippen LogP contribution is -2.51. The van der Waals surface area contributed by atoms with Gasteiger partial charge >= 0.3 is 0 Å². The highest BCUT2D eigenvalue weighted by molar-refractivity contribution is 7.92. The quantitative estimate of drug-likeness (QED) is 0.478. The predicted octanol–water partition coefficient (Wildman–Crippen LogP) is 3.71. The SMILES string of the molecule is CCCNC(=O)C(C)N(Cc1ccc(OC)cc1)C(=O)CN(c1cc(Cl)ccc1Cl)S(C)(=O)=O. The van der Waals surface area contributed by atoms with E-state index in [9.17, 15) is 18.0 Å². The van der Waals surface area contributed by atoms with E-state index >= 15 is 0 Å². The van der Waals surface area contributed by atoms with E-state index < -0.39 is 28.5 Å². The van der Waals surface area contributed by atoms with Gasteiger partial charge < -0.3 is 15.0 Å². The maximum atomic E-state index is 13.5. The van der Waals surface area contributed by atoms with Crippen LogP contribution in [0.25, 0.3) is 0 Å². The molecule has 1 N–H and O–H groups in total. The van der Waals surface area contributed by atoms with Crippen LogP contribution in [-0.2, 0) is 26.2 Å². The summed E-state index contributed by atoms with van der Waals surface area (Å²) in [6.45, 7) is 3.51. The minimum absolute atomic E-state index is 0.0810. The summed E-state index contributed by atoms with van der Waals surface area (Å²) in [6.07, 6.45) is 1.71. The number of amides is 2. The molecule has 2 amide bonds. The molecule has 11 heteroatoms. The molecule has 0 bridgehead atoms. The summed E-state index contributed by atoms with van der Waals surface area (Å²) >= 11 is 12.3. The summed E-state index contributed by atoms with van der Waals surface area (Å²) in [7, 11) is -2.35. The van der Waals surface area contributed by atoms with Gasteiger partial charge in [-0.3, -0.25) is 13.9 Å². The van der Waals surface area contributed by atoms with Crippen LogP contribution in [-0.4, -0.2) is 57.6 Å². The predicted molar refractivity (Wildman–Crippen MR) is 135 cm³/mol. The molecule has 0 heterocycles. The Labute approximate surface area is 210 Å². The summed E-state index contributed by atoms with van der Waals surface area (Å²) in [6, 6.07) is 10.5. The first-order valence-electron chi connectivity index (χ1n) is 10.6. The molecule has 0 saturated heterocycles. The lowest BCUT2D eigenvalue weighted by molar-refractivity contribution is -0.139. The van der Waals surface area contributed by atoms with Crippen molar-refractivity contribution in [3.05, 3.63) is 58.1 Å². The highest BCUT2D eigenvalue weighted by Gasteiger charge is 2.30. The molecule has 0 aliphatic heterocycles. The number of methoxy groups -OCH3 is 1. The number of hydrogen-bond donors (Lipinski definition) is 1. The van der Waals surface area contributed by atoms with E-state index in [1.165, 1.54) is 23.1 Å². The van der Waals surface area contributed by atoms with E-state index in [1.807, 2.05) is 6.92 Å². The van der Waals surface area contributed by atoms with E-state index in [0.717, 1.165) is 22.5 Å². The third-order valence-corrected chi connectivity index (χ3v) is 6.77. The van der Waals surface area contributed by atoms with Crippen molar-refractivity contribution in [2.45, 2.75) is 32.9 Å². The van der Waals surface area contributed by atoms with Gasteiger partial charge in [0.05, 0.1) is 24.1 Å². The zero-order valence-corrected chi connectivity index (χ0v) is 21.9. The topological polar surface area (TPSA) is 96.0 Å². The fraction of sp³-hybridized carbons (Fsp3) is 0.391. The van der Waals surface area contributed by atoms with Crippen molar-refractivity contribution >= 4 is 50.7 Å². The van der Waals surface area contributed by atoms with E-state index in [2.05, 4.69) is 5.32 Å². The van der Waals surface area contributed by atoms with Gasteiger partial charge in [-0.05, 0) is 49.2 Å². The molecule has 186 valence electrons. The van der Waals surface area contributed by atoms with Crippen LogP contribution < -0.4 is 14.4 Å². The molecule has 0 fully saturated rings. The molecular formula is C23H29Cl2N3O5S. The fourth-order valence-corrected chi connectivity index (χ4v) is 4.47. The van der Waals surface area contributed by atoms with Crippen LogP contribution in [0.1, 0.15) is 25.8 Å². The van der Waals surface area contributed by atoms with Gasteiger partial charge in [0, 0.05) is 18.1 Å². The van der Waals surface area contributed by atoms with Crippen LogP contribution in [0.2, 0.25) is 10.0 Å². The summed E-state index contributed by atoms with van der Waals surface area (Å²) in [5.74, 6) is -0.263. The largest absolute Gasteiger partial charge is 0.497 e. The molecule has 1 atom stereocenters. The zero-order chi connectivity index (χ0) is 25.5. The lowest BCUT2D eigenvalue weighted by Gasteiger charge is -2.31. The number of sulfonamides is 1. The summed E-state index contributed by atoms with van der Waals surface area (Å²) in [5.41, 5.74) is 0.827. The molecule has 2 aromatic carbocycles. The number of benzene rings is 2. The first kappa shape index (κ1) is 27.8. The van der Waals surface area contributed by atoms with E-state index in [1.54, 1.807) is 38.3 Å². The Morgan fingerprint density at radius 1 is 1.12 bits per heavy atom. The Kier molecular flexibility index (Phi) is 10.0. The number of rotatable bonds is 11. The maximum absolute atomic E-state index is 13.5. The normalized spacial score (nSPS) is 12.1. The Morgan fingerprint density at radius 2 is 1.76 bits per heavy atom. The van der Waals surface area contributed by atoms with Crippen molar-refractivity contribution < 1.29 is 22.7 Å². The number of nitrogens with zero attached hydrogens (tertiary/aromatic N) is 2. The van der Waals surface area contributed by atoms with Crippen molar-refractivity contribution in [3.63, 3.8) is 0 Å². The van der Waals surface area contributed by atoms with Crippen molar-refractivity contribution in [1.82, 2.24) is 10.2 Å². The minimum atomic E-state index is -3.90. The first-order chi connectivity index (χ1) is 16.0. The molecule has 0 saturated carbocycles. The zero-order valence-electron chi connectivity index (χ0n) is 19.5. The Balaban J connectivity index is 2.40. The Hall–Kier alpha value is -2.49. The highest BCUT2D eigenvalue weighted by Crippen LogP contribution is 2.31. The monoisotopic (exact) mass is 529 g/mol. The number of nitrogens with one attached hydrogen (secondary N) is 1. The van der Waals surface area contributed by atoms with Gasteiger partial charge in [-0.2, -0.15) is 0 Å². The van der Waals surface area contributed by atoms with Gasteiger partial charge in [0.15, 0.2) is 0 Å². The van der Waals surface area contributed by atoms with Crippen LogP contribution in [0.5, 0.6) is 5.75 Å². The maximum Gasteiger partial charge on any atom is 0.244 e. The summed E-state index contributed by atoms with van der Waals surface area (Å²) < 4.78 is 31.2. The van der Waals surface area contributed by atoms with Crippen molar-refractivity contribution in [3.8, 4) is 5.75 Å². The number of ether oxygens (including phenoxy) is 1. The number of carbonyl (C=O) groups is 2. The second-order valence-electron chi connectivity index (χ2n) is 7.70. The van der Waals surface area contributed by atoms with Gasteiger partial charge in [-0.15, -0.1) is 0 Å². The van der Waals surface area contributed by atoms with E-state index in [-0.39, 0.29) is 28.2 Å².